The summed E-state index contributed by atoms with van der Waals surface area (Å²) in [7, 11) is -2.37. The number of benzene rings is 1. The van der Waals surface area contributed by atoms with Crippen LogP contribution >= 0.6 is 7.60 Å². The van der Waals surface area contributed by atoms with E-state index in [9.17, 15) is 17.7 Å². The molecule has 0 heterocycles. The molecule has 0 aromatic heterocycles. The van der Waals surface area contributed by atoms with Crippen LogP contribution in [-0.4, -0.2) is 35.7 Å². The van der Waals surface area contributed by atoms with E-state index >= 15 is 0 Å². The molecule has 0 N–H and O–H groups in total. The predicted molar refractivity (Wildman–Crippen MR) is 96.4 cm³/mol. The van der Waals surface area contributed by atoms with Crippen LogP contribution in [-0.2, 0) is 30.7 Å². The first-order valence-electron chi connectivity index (χ1n) is 8.01. The molecular weight excluding hydrogens is 388 g/mol. The third-order valence-electron chi connectivity index (χ3n) is 3.58. The Bertz CT molecular complexity index is 623. The topological polar surface area (TPSA) is 54.0 Å². The smallest absolute Gasteiger partial charge is 0.419 e. The highest BCUT2D eigenvalue weighted by Crippen LogP contribution is 2.50. The molecule has 1 aromatic rings. The number of hydrogen-bond acceptors (Lipinski definition) is 5. The first-order valence-corrected chi connectivity index (χ1v) is 13.4. The van der Waals surface area contributed by atoms with Crippen LogP contribution in [0.3, 0.4) is 0 Å². The van der Waals surface area contributed by atoms with Crippen molar-refractivity contribution in [2.75, 3.05) is 27.6 Å². The van der Waals surface area contributed by atoms with Gasteiger partial charge in [-0.15, -0.1) is 0 Å². The summed E-state index contributed by atoms with van der Waals surface area (Å²) in [5.74, 6) is -0.334. The van der Waals surface area contributed by atoms with Crippen LogP contribution in [0.1, 0.15) is 11.1 Å². The van der Waals surface area contributed by atoms with Gasteiger partial charge in [-0.05, 0) is 23.7 Å². The minimum atomic E-state index is -4.62. The van der Waals surface area contributed by atoms with E-state index in [0.717, 1.165) is 12.1 Å². The van der Waals surface area contributed by atoms with Crippen molar-refractivity contribution < 1.29 is 36.3 Å². The molecule has 0 atom stereocenters. The first-order chi connectivity index (χ1) is 11.9. The molecule has 1 aromatic carbocycles. The highest BCUT2D eigenvalue weighted by Gasteiger charge is 2.35. The third kappa shape index (κ3) is 7.80. The minimum Gasteiger partial charge on any atom is -0.467 e. The Morgan fingerprint density at radius 2 is 1.73 bits per heavy atom. The van der Waals surface area contributed by atoms with Crippen molar-refractivity contribution in [1.82, 2.24) is 0 Å². The Labute approximate surface area is 153 Å². The molecule has 150 valence electrons. The van der Waals surface area contributed by atoms with Gasteiger partial charge in [0, 0.05) is 28.9 Å². The van der Waals surface area contributed by atoms with Gasteiger partial charge in [-0.2, -0.15) is 13.2 Å². The van der Waals surface area contributed by atoms with E-state index in [0.29, 0.717) is 6.61 Å². The Morgan fingerprint density at radius 1 is 1.12 bits per heavy atom. The van der Waals surface area contributed by atoms with Crippen LogP contribution in [0.4, 0.5) is 13.2 Å². The lowest BCUT2D eigenvalue weighted by Gasteiger charge is -2.18. The zero-order valence-corrected chi connectivity index (χ0v) is 17.6. The van der Waals surface area contributed by atoms with Crippen LogP contribution in [0.2, 0.25) is 25.7 Å². The van der Waals surface area contributed by atoms with E-state index in [2.05, 4.69) is 19.6 Å². The second kappa shape index (κ2) is 9.37. The maximum absolute atomic E-state index is 13.3. The SMILES string of the molecule is COP(=O)(Cc1ccc(OCOCC[Si](C)(C)C)c(C(F)(F)F)c1)OC. The molecule has 0 aliphatic carbocycles. The predicted octanol–water partition coefficient (Wildman–Crippen LogP) is 5.38. The van der Waals surface area contributed by atoms with Gasteiger partial charge in [-0.25, -0.2) is 0 Å². The van der Waals surface area contributed by atoms with Crippen molar-refractivity contribution in [3.05, 3.63) is 29.3 Å². The van der Waals surface area contributed by atoms with Gasteiger partial charge >= 0.3 is 13.8 Å². The van der Waals surface area contributed by atoms with E-state index in [-0.39, 0.29) is 24.3 Å². The second-order valence-electron chi connectivity index (χ2n) is 6.94. The van der Waals surface area contributed by atoms with Crippen molar-refractivity contribution in [2.24, 2.45) is 0 Å². The monoisotopic (exact) mass is 414 g/mol. The van der Waals surface area contributed by atoms with Crippen molar-refractivity contribution >= 4 is 15.7 Å². The van der Waals surface area contributed by atoms with Gasteiger partial charge in [-0.1, -0.05) is 25.7 Å². The summed E-state index contributed by atoms with van der Waals surface area (Å²) in [4.78, 5) is 0. The molecule has 0 aliphatic rings. The molecular formula is C16H26F3O5PSi. The summed E-state index contributed by atoms with van der Waals surface area (Å²) in [6, 6.07) is 4.37. The summed E-state index contributed by atoms with van der Waals surface area (Å²) in [5, 5.41) is 0. The zero-order chi connectivity index (χ0) is 20.0. The molecule has 0 bridgehead atoms. The highest BCUT2D eigenvalue weighted by atomic mass is 31.2. The van der Waals surface area contributed by atoms with E-state index in [4.69, 9.17) is 18.5 Å². The van der Waals surface area contributed by atoms with Crippen molar-refractivity contribution in [3.8, 4) is 5.75 Å². The summed E-state index contributed by atoms with van der Waals surface area (Å²) in [6.07, 6.45) is -4.89. The van der Waals surface area contributed by atoms with E-state index in [1.165, 1.54) is 26.4 Å². The Hall–Kier alpha value is -0.863. The summed E-state index contributed by atoms with van der Waals surface area (Å²) >= 11 is 0. The summed E-state index contributed by atoms with van der Waals surface area (Å²) in [5.41, 5.74) is -0.779. The zero-order valence-electron chi connectivity index (χ0n) is 15.7. The quantitative estimate of drug-likeness (QED) is 0.223. The van der Waals surface area contributed by atoms with Gasteiger partial charge in [0.1, 0.15) is 5.75 Å². The number of rotatable bonds is 10. The number of alkyl halides is 3. The molecule has 0 amide bonds. The fourth-order valence-corrected chi connectivity index (χ4v) is 3.80. The molecule has 0 unspecified atom stereocenters. The van der Waals surface area contributed by atoms with Gasteiger partial charge in [-0.3, -0.25) is 4.57 Å². The molecule has 0 aliphatic heterocycles. The lowest BCUT2D eigenvalue weighted by Crippen LogP contribution is -2.22. The van der Waals surface area contributed by atoms with Gasteiger partial charge in [0.15, 0.2) is 6.79 Å². The molecule has 5 nitrogen and oxygen atoms in total. The highest BCUT2D eigenvalue weighted by molar-refractivity contribution is 7.52. The van der Waals surface area contributed by atoms with Gasteiger partial charge in [0.25, 0.3) is 0 Å². The molecule has 10 heteroatoms. The molecule has 0 fully saturated rings. The second-order valence-corrected chi connectivity index (χ2v) is 14.8. The van der Waals surface area contributed by atoms with Crippen LogP contribution in [0.15, 0.2) is 18.2 Å². The normalized spacial score (nSPS) is 13.1. The summed E-state index contributed by atoms with van der Waals surface area (Å²) < 4.78 is 72.0. The van der Waals surface area contributed by atoms with E-state index < -0.39 is 27.4 Å². The molecule has 0 spiro atoms. The first kappa shape index (κ1) is 23.2. The Morgan fingerprint density at radius 3 is 2.23 bits per heavy atom. The van der Waals surface area contributed by atoms with Gasteiger partial charge < -0.3 is 18.5 Å². The van der Waals surface area contributed by atoms with Gasteiger partial charge in [0.2, 0.25) is 0 Å². The van der Waals surface area contributed by atoms with Crippen molar-refractivity contribution in [3.63, 3.8) is 0 Å². The Kier molecular flexibility index (Phi) is 8.35. The summed E-state index contributed by atoms with van der Waals surface area (Å²) in [6.45, 7) is 6.71. The molecule has 26 heavy (non-hydrogen) atoms. The lowest BCUT2D eigenvalue weighted by molar-refractivity contribution is -0.139. The standard InChI is InChI=1S/C16H26F3O5PSi/c1-21-25(20,22-2)11-13-6-7-15(14(10-13)16(17,18)19)24-12-23-8-9-26(3,4)5/h6-7,10H,8-9,11-12H2,1-5H3. The Balaban J connectivity index is 2.85. The van der Waals surface area contributed by atoms with Crippen LogP contribution < -0.4 is 4.74 Å². The molecule has 0 saturated carbocycles. The van der Waals surface area contributed by atoms with Crippen LogP contribution in [0, 0.1) is 0 Å². The third-order valence-corrected chi connectivity index (χ3v) is 7.15. The fraction of sp³-hybridized carbons (Fsp3) is 0.625. The average molecular weight is 414 g/mol. The maximum Gasteiger partial charge on any atom is 0.419 e. The van der Waals surface area contributed by atoms with E-state index in [1.807, 2.05) is 0 Å². The molecule has 1 rings (SSSR count). The number of ether oxygens (including phenoxy) is 2. The van der Waals surface area contributed by atoms with Crippen LogP contribution in [0.5, 0.6) is 5.75 Å². The average Bonchev–Trinajstić information content (AvgIpc) is 2.53. The van der Waals surface area contributed by atoms with Crippen LogP contribution in [0.25, 0.3) is 0 Å². The van der Waals surface area contributed by atoms with E-state index in [1.54, 1.807) is 0 Å². The number of halogens is 3. The minimum absolute atomic E-state index is 0.177. The lowest BCUT2D eigenvalue weighted by atomic mass is 10.1. The number of hydrogen-bond donors (Lipinski definition) is 0. The fourth-order valence-electron chi connectivity index (χ4n) is 1.99. The largest absolute Gasteiger partial charge is 0.467 e. The van der Waals surface area contributed by atoms with Gasteiger partial charge in [0.05, 0.1) is 11.7 Å². The molecule has 0 radical (unpaired) electrons. The molecule has 0 saturated heterocycles. The maximum atomic E-state index is 13.3. The van der Waals surface area contributed by atoms with Crippen molar-refractivity contribution in [2.45, 2.75) is 38.0 Å². The van der Waals surface area contributed by atoms with Crippen molar-refractivity contribution in [1.29, 1.82) is 0 Å².